The number of alkyl halides is 3. The summed E-state index contributed by atoms with van der Waals surface area (Å²) in [6, 6.07) is 9.16. The van der Waals surface area contributed by atoms with Crippen LogP contribution in [0, 0.1) is 0 Å². The number of rotatable bonds is 3. The predicted octanol–water partition coefficient (Wildman–Crippen LogP) is 3.12. The van der Waals surface area contributed by atoms with Crippen LogP contribution in [-0.4, -0.2) is 10.1 Å². The lowest BCUT2D eigenvalue weighted by molar-refractivity contribution is -0.159. The van der Waals surface area contributed by atoms with E-state index in [4.69, 9.17) is 0 Å². The molecule has 0 atom stereocenters. The molecule has 98 valence electrons. The van der Waals surface area contributed by atoms with Crippen molar-refractivity contribution in [3.05, 3.63) is 41.8 Å². The van der Waals surface area contributed by atoms with E-state index in [2.05, 4.69) is 20.0 Å². The molecule has 0 aliphatic rings. The average Bonchev–Trinajstić information content (AvgIpc) is 2.76. The Bertz CT molecular complexity index is 487. The van der Waals surface area contributed by atoms with E-state index in [9.17, 15) is 13.2 Å². The van der Waals surface area contributed by atoms with Gasteiger partial charge in [-0.3, -0.25) is 0 Å². The molecule has 0 aliphatic carbocycles. The minimum absolute atomic E-state index is 0. The van der Waals surface area contributed by atoms with Gasteiger partial charge in [0.15, 0.2) is 0 Å². The van der Waals surface area contributed by atoms with Gasteiger partial charge in [-0.15, -0.1) is 12.4 Å². The van der Waals surface area contributed by atoms with E-state index in [1.54, 1.807) is 0 Å². The fourth-order valence-electron chi connectivity index (χ4n) is 1.19. The van der Waals surface area contributed by atoms with Gasteiger partial charge in [-0.05, 0) is 10.7 Å². The molecule has 0 saturated heterocycles. The highest BCUT2D eigenvalue weighted by atomic mass is 35.5. The first-order valence-electron chi connectivity index (χ1n) is 4.74. The van der Waals surface area contributed by atoms with Crippen molar-refractivity contribution >= 4 is 18.4 Å². The number of hydrogen-bond donors (Lipinski definition) is 1. The second kappa shape index (κ2) is 5.72. The molecule has 0 aliphatic heterocycles. The maximum atomic E-state index is 12.1. The first kappa shape index (κ1) is 14.3. The van der Waals surface area contributed by atoms with E-state index in [0.29, 0.717) is 6.54 Å². The molecule has 0 unspecified atom stereocenters. The number of halogens is 4. The molecule has 1 aromatic heterocycles. The number of nitrogens with zero attached hydrogens (tertiary/aromatic N) is 2. The lowest BCUT2D eigenvalue weighted by Crippen LogP contribution is -2.06. The lowest BCUT2D eigenvalue weighted by atomic mass is 10.2. The van der Waals surface area contributed by atoms with Crippen molar-refractivity contribution in [2.45, 2.75) is 12.7 Å². The molecule has 4 nitrogen and oxygen atoms in total. The van der Waals surface area contributed by atoms with Crippen LogP contribution in [0.25, 0.3) is 0 Å². The van der Waals surface area contributed by atoms with Gasteiger partial charge in [0.1, 0.15) is 0 Å². The van der Waals surface area contributed by atoms with Crippen molar-refractivity contribution in [1.29, 1.82) is 0 Å². The van der Waals surface area contributed by atoms with Gasteiger partial charge in [-0.2, -0.15) is 18.2 Å². The summed E-state index contributed by atoms with van der Waals surface area (Å²) in [5.74, 6) is -1.53. The predicted molar refractivity (Wildman–Crippen MR) is 60.3 cm³/mol. The molecule has 0 saturated carbocycles. The van der Waals surface area contributed by atoms with E-state index in [0.717, 1.165) is 5.56 Å². The summed E-state index contributed by atoms with van der Waals surface area (Å²) in [4.78, 5) is 3.18. The Morgan fingerprint density at radius 1 is 1.17 bits per heavy atom. The van der Waals surface area contributed by atoms with E-state index in [1.807, 2.05) is 30.3 Å². The molecule has 1 heterocycles. The molecular weight excluding hydrogens is 271 g/mol. The second-order valence-electron chi connectivity index (χ2n) is 3.26. The van der Waals surface area contributed by atoms with Crippen molar-refractivity contribution in [3.63, 3.8) is 0 Å². The second-order valence-corrected chi connectivity index (χ2v) is 3.26. The third-order valence-corrected chi connectivity index (χ3v) is 1.96. The summed E-state index contributed by atoms with van der Waals surface area (Å²) in [7, 11) is 0. The molecule has 0 spiro atoms. The highest BCUT2D eigenvalue weighted by Crippen LogP contribution is 2.28. The first-order valence-corrected chi connectivity index (χ1v) is 4.74. The summed E-state index contributed by atoms with van der Waals surface area (Å²) < 4.78 is 40.5. The zero-order valence-corrected chi connectivity index (χ0v) is 9.76. The lowest BCUT2D eigenvalue weighted by Gasteiger charge is -2.00. The van der Waals surface area contributed by atoms with E-state index < -0.39 is 12.1 Å². The van der Waals surface area contributed by atoms with Crippen LogP contribution in [0.1, 0.15) is 11.5 Å². The van der Waals surface area contributed by atoms with Crippen LogP contribution in [0.3, 0.4) is 0 Å². The average molecular weight is 280 g/mol. The molecule has 1 N–H and O–H groups in total. The summed E-state index contributed by atoms with van der Waals surface area (Å²) in [5.41, 5.74) is 0.908. The Balaban J connectivity index is 0.00000162. The maximum Gasteiger partial charge on any atom is 0.471 e. The number of anilines is 1. The van der Waals surface area contributed by atoms with Gasteiger partial charge in [0.2, 0.25) is 0 Å². The third-order valence-electron chi connectivity index (χ3n) is 1.96. The summed E-state index contributed by atoms with van der Waals surface area (Å²) in [5, 5.41) is 5.82. The normalized spacial score (nSPS) is 10.8. The number of nitrogens with one attached hydrogen (secondary N) is 1. The smallest absolute Gasteiger partial charge is 0.348 e. The summed E-state index contributed by atoms with van der Waals surface area (Å²) >= 11 is 0. The molecule has 2 rings (SSSR count). The molecule has 2 aromatic rings. The molecule has 1 aromatic carbocycles. The van der Waals surface area contributed by atoms with Crippen LogP contribution in [0.15, 0.2) is 34.9 Å². The van der Waals surface area contributed by atoms with Crippen molar-refractivity contribution in [1.82, 2.24) is 10.1 Å². The summed E-state index contributed by atoms with van der Waals surface area (Å²) in [6.07, 6.45) is -4.61. The molecule has 0 fully saturated rings. The Morgan fingerprint density at radius 3 is 2.39 bits per heavy atom. The molecule has 0 bridgehead atoms. The molecule has 18 heavy (non-hydrogen) atoms. The van der Waals surface area contributed by atoms with Gasteiger partial charge < -0.3 is 9.84 Å². The van der Waals surface area contributed by atoms with E-state index in [-0.39, 0.29) is 18.4 Å². The van der Waals surface area contributed by atoms with Gasteiger partial charge in [-0.1, -0.05) is 30.3 Å². The highest BCUT2D eigenvalue weighted by Gasteiger charge is 2.38. The first-order chi connectivity index (χ1) is 8.05. The van der Waals surface area contributed by atoms with Gasteiger partial charge in [0.05, 0.1) is 0 Å². The van der Waals surface area contributed by atoms with Crippen molar-refractivity contribution in [2.24, 2.45) is 0 Å². The summed E-state index contributed by atoms with van der Waals surface area (Å²) in [6.45, 7) is 0.331. The molecular formula is C10H9ClF3N3O. The topological polar surface area (TPSA) is 51.0 Å². The standard InChI is InChI=1S/C10H8F3N3O.ClH/c11-10(12,13)8-15-9(16-17-8)14-6-7-4-2-1-3-5-7;/h1-5H,6H2,(H,14,16);1H. The largest absolute Gasteiger partial charge is 0.471 e. The van der Waals surface area contributed by atoms with Crippen molar-refractivity contribution in [2.75, 3.05) is 5.32 Å². The van der Waals surface area contributed by atoms with Gasteiger partial charge in [0.25, 0.3) is 5.95 Å². The highest BCUT2D eigenvalue weighted by molar-refractivity contribution is 5.85. The van der Waals surface area contributed by atoms with Crippen LogP contribution < -0.4 is 5.32 Å². The fourth-order valence-corrected chi connectivity index (χ4v) is 1.19. The SMILES string of the molecule is Cl.FC(F)(F)c1nc(NCc2ccccc2)no1. The van der Waals surface area contributed by atoms with Gasteiger partial charge in [-0.25, -0.2) is 0 Å². The van der Waals surface area contributed by atoms with Crippen LogP contribution in [0.4, 0.5) is 19.1 Å². The zero-order chi connectivity index (χ0) is 12.3. The number of aromatic nitrogens is 2. The Hall–Kier alpha value is -1.76. The number of hydrogen-bond acceptors (Lipinski definition) is 4. The van der Waals surface area contributed by atoms with E-state index in [1.165, 1.54) is 0 Å². The zero-order valence-electron chi connectivity index (χ0n) is 8.94. The monoisotopic (exact) mass is 279 g/mol. The van der Waals surface area contributed by atoms with Crippen molar-refractivity contribution < 1.29 is 17.7 Å². The van der Waals surface area contributed by atoms with Crippen LogP contribution in [-0.2, 0) is 12.7 Å². The minimum Gasteiger partial charge on any atom is -0.348 e. The quantitative estimate of drug-likeness (QED) is 0.938. The van der Waals surface area contributed by atoms with Crippen LogP contribution in [0.5, 0.6) is 0 Å². The minimum atomic E-state index is -4.61. The molecule has 8 heteroatoms. The van der Waals surface area contributed by atoms with E-state index >= 15 is 0 Å². The molecule has 0 radical (unpaired) electrons. The Morgan fingerprint density at radius 2 is 1.83 bits per heavy atom. The van der Waals surface area contributed by atoms with Crippen molar-refractivity contribution in [3.8, 4) is 0 Å². The number of benzene rings is 1. The third kappa shape index (κ3) is 3.63. The van der Waals surface area contributed by atoms with Crippen LogP contribution >= 0.6 is 12.4 Å². The fraction of sp³-hybridized carbons (Fsp3) is 0.200. The Labute approximate surface area is 107 Å². The molecule has 0 amide bonds. The Kier molecular flexibility index (Phi) is 4.55. The van der Waals surface area contributed by atoms with Gasteiger partial charge in [0, 0.05) is 6.54 Å². The van der Waals surface area contributed by atoms with Crippen LogP contribution in [0.2, 0.25) is 0 Å². The van der Waals surface area contributed by atoms with Gasteiger partial charge >= 0.3 is 12.1 Å². The maximum absolute atomic E-state index is 12.1.